The molecule has 1 saturated heterocycles. The number of benzene rings is 1. The van der Waals surface area contributed by atoms with Crippen LogP contribution in [0.4, 0.5) is 5.69 Å². The van der Waals surface area contributed by atoms with Gasteiger partial charge in [-0.1, -0.05) is 26.8 Å². The molecule has 0 saturated carbocycles. The summed E-state index contributed by atoms with van der Waals surface area (Å²) in [7, 11) is 1.96. The number of anilines is 1. The van der Waals surface area contributed by atoms with Gasteiger partial charge in [0.1, 0.15) is 0 Å². The molecule has 1 aliphatic heterocycles. The molecular weight excluding hydrogens is 292 g/mol. The number of rotatable bonds is 6. The molecule has 126 valence electrons. The Morgan fingerprint density at radius 2 is 2.17 bits per heavy atom. The van der Waals surface area contributed by atoms with Gasteiger partial charge in [-0.15, -0.1) is 0 Å². The minimum Gasteiger partial charge on any atom is -0.462 e. The van der Waals surface area contributed by atoms with Crippen LogP contribution in [0.25, 0.3) is 0 Å². The highest BCUT2D eigenvalue weighted by atomic mass is 16.5. The third-order valence-corrected chi connectivity index (χ3v) is 4.15. The molecule has 5 nitrogen and oxygen atoms in total. The molecule has 23 heavy (non-hydrogen) atoms. The lowest BCUT2D eigenvalue weighted by Crippen LogP contribution is -2.39. The molecule has 1 amide bonds. The molecule has 2 rings (SSSR count). The molecule has 0 aliphatic carbocycles. The number of carbonyl (C=O) groups is 2. The number of carbonyl (C=O) groups excluding carboxylic acids is 2. The molecule has 1 fully saturated rings. The summed E-state index contributed by atoms with van der Waals surface area (Å²) in [6, 6.07) is 7.06. The van der Waals surface area contributed by atoms with E-state index < -0.39 is 0 Å². The third-order valence-electron chi connectivity index (χ3n) is 4.15. The van der Waals surface area contributed by atoms with Crippen molar-refractivity contribution in [2.75, 3.05) is 31.6 Å². The maximum atomic E-state index is 12.6. The van der Waals surface area contributed by atoms with Crippen LogP contribution in [0.2, 0.25) is 0 Å². The van der Waals surface area contributed by atoms with Gasteiger partial charge in [0, 0.05) is 12.2 Å². The van der Waals surface area contributed by atoms with Crippen molar-refractivity contribution in [3.63, 3.8) is 0 Å². The summed E-state index contributed by atoms with van der Waals surface area (Å²) in [5, 5.41) is 0. The summed E-state index contributed by atoms with van der Waals surface area (Å²) in [6.45, 7) is 7.95. The number of esters is 1. The molecule has 1 atom stereocenters. The van der Waals surface area contributed by atoms with Gasteiger partial charge in [-0.25, -0.2) is 4.79 Å². The summed E-state index contributed by atoms with van der Waals surface area (Å²) in [4.78, 5) is 28.5. The predicted octanol–water partition coefficient (Wildman–Crippen LogP) is 2.56. The summed E-state index contributed by atoms with van der Waals surface area (Å²) >= 11 is 0. The largest absolute Gasteiger partial charge is 0.462 e. The van der Waals surface area contributed by atoms with E-state index in [0.717, 1.165) is 18.7 Å². The van der Waals surface area contributed by atoms with Crippen LogP contribution in [0, 0.1) is 5.92 Å². The second kappa shape index (κ2) is 7.59. The smallest absolute Gasteiger partial charge is 0.338 e. The zero-order chi connectivity index (χ0) is 17.0. The molecule has 1 aliphatic rings. The van der Waals surface area contributed by atoms with Gasteiger partial charge in [-0.3, -0.25) is 9.69 Å². The summed E-state index contributed by atoms with van der Waals surface area (Å²) in [5.41, 5.74) is 1.25. The molecule has 0 aromatic heterocycles. The standard InChI is InChI=1S/C18H26N2O3/c1-5-19(4)16-9-10-20(17(16)21)15-8-6-7-14(11-15)18(22)23-12-13(2)3/h6-8,11,13,16H,5,9-10,12H2,1-4H3. The van der Waals surface area contributed by atoms with Gasteiger partial charge in [0.25, 0.3) is 0 Å². The number of hydrogen-bond donors (Lipinski definition) is 0. The lowest BCUT2D eigenvalue weighted by molar-refractivity contribution is -0.121. The number of amides is 1. The van der Waals surface area contributed by atoms with Gasteiger partial charge in [-0.05, 0) is 44.1 Å². The van der Waals surface area contributed by atoms with Crippen molar-refractivity contribution in [2.24, 2.45) is 5.92 Å². The molecule has 0 spiro atoms. The Morgan fingerprint density at radius 1 is 1.43 bits per heavy atom. The highest BCUT2D eigenvalue weighted by Crippen LogP contribution is 2.25. The Morgan fingerprint density at radius 3 is 2.83 bits per heavy atom. The SMILES string of the molecule is CCN(C)C1CCN(c2cccc(C(=O)OCC(C)C)c2)C1=O. The van der Waals surface area contributed by atoms with E-state index in [1.807, 2.05) is 33.9 Å². The summed E-state index contributed by atoms with van der Waals surface area (Å²) in [6.07, 6.45) is 0.811. The second-order valence-corrected chi connectivity index (χ2v) is 6.41. The highest BCUT2D eigenvalue weighted by Gasteiger charge is 2.34. The number of nitrogens with zero attached hydrogens (tertiary/aromatic N) is 2. The summed E-state index contributed by atoms with van der Waals surface area (Å²) in [5.74, 6) is 0.0594. The van der Waals surface area contributed by atoms with Crippen molar-refractivity contribution in [3.8, 4) is 0 Å². The van der Waals surface area contributed by atoms with Crippen LogP contribution in [-0.2, 0) is 9.53 Å². The molecule has 1 aromatic carbocycles. The fourth-order valence-electron chi connectivity index (χ4n) is 2.68. The van der Waals surface area contributed by atoms with Crippen molar-refractivity contribution >= 4 is 17.6 Å². The van der Waals surface area contributed by atoms with E-state index in [1.54, 1.807) is 23.1 Å². The monoisotopic (exact) mass is 318 g/mol. The molecule has 1 heterocycles. The van der Waals surface area contributed by atoms with E-state index >= 15 is 0 Å². The maximum Gasteiger partial charge on any atom is 0.338 e. The zero-order valence-electron chi connectivity index (χ0n) is 14.4. The van der Waals surface area contributed by atoms with E-state index in [2.05, 4.69) is 4.90 Å². The first-order valence-corrected chi connectivity index (χ1v) is 8.22. The van der Waals surface area contributed by atoms with Gasteiger partial charge in [0.05, 0.1) is 18.2 Å². The van der Waals surface area contributed by atoms with E-state index in [9.17, 15) is 9.59 Å². The van der Waals surface area contributed by atoms with Crippen LogP contribution in [-0.4, -0.2) is 49.6 Å². The van der Waals surface area contributed by atoms with Crippen molar-refractivity contribution in [1.82, 2.24) is 4.90 Å². The topological polar surface area (TPSA) is 49.9 Å². The fraction of sp³-hybridized carbons (Fsp3) is 0.556. The van der Waals surface area contributed by atoms with Gasteiger partial charge in [0.2, 0.25) is 5.91 Å². The normalized spacial score (nSPS) is 18.1. The number of likely N-dealkylation sites (N-methyl/N-ethyl adjacent to an activating group) is 1. The Balaban J connectivity index is 2.11. The molecule has 1 aromatic rings. The second-order valence-electron chi connectivity index (χ2n) is 6.41. The Bertz CT molecular complexity index is 571. The van der Waals surface area contributed by atoms with Crippen LogP contribution in [0.1, 0.15) is 37.6 Å². The van der Waals surface area contributed by atoms with Crippen LogP contribution in [0.5, 0.6) is 0 Å². The zero-order valence-corrected chi connectivity index (χ0v) is 14.4. The average Bonchev–Trinajstić information content (AvgIpc) is 2.93. The summed E-state index contributed by atoms with van der Waals surface area (Å²) < 4.78 is 5.26. The van der Waals surface area contributed by atoms with Crippen LogP contribution in [0.15, 0.2) is 24.3 Å². The molecule has 0 radical (unpaired) electrons. The molecular formula is C18H26N2O3. The average molecular weight is 318 g/mol. The van der Waals surface area contributed by atoms with Crippen LogP contribution in [0.3, 0.4) is 0 Å². The maximum absolute atomic E-state index is 12.6. The first kappa shape index (κ1) is 17.5. The Labute approximate surface area is 138 Å². The molecule has 0 N–H and O–H groups in total. The van der Waals surface area contributed by atoms with Gasteiger partial charge in [0.15, 0.2) is 0 Å². The van der Waals surface area contributed by atoms with Crippen molar-refractivity contribution in [3.05, 3.63) is 29.8 Å². The van der Waals surface area contributed by atoms with E-state index in [1.165, 1.54) is 0 Å². The highest BCUT2D eigenvalue weighted by molar-refractivity contribution is 6.00. The van der Waals surface area contributed by atoms with Crippen molar-refractivity contribution < 1.29 is 14.3 Å². The van der Waals surface area contributed by atoms with E-state index in [4.69, 9.17) is 4.74 Å². The fourth-order valence-corrected chi connectivity index (χ4v) is 2.68. The Hall–Kier alpha value is -1.88. The first-order chi connectivity index (χ1) is 10.9. The quantitative estimate of drug-likeness (QED) is 0.756. The van der Waals surface area contributed by atoms with Crippen LogP contribution < -0.4 is 4.90 Å². The van der Waals surface area contributed by atoms with Gasteiger partial charge < -0.3 is 9.64 Å². The third kappa shape index (κ3) is 4.10. The van der Waals surface area contributed by atoms with Gasteiger partial charge in [-0.2, -0.15) is 0 Å². The van der Waals surface area contributed by atoms with E-state index in [0.29, 0.717) is 24.6 Å². The number of hydrogen-bond acceptors (Lipinski definition) is 4. The number of ether oxygens (including phenoxy) is 1. The van der Waals surface area contributed by atoms with Crippen molar-refractivity contribution in [2.45, 2.75) is 33.2 Å². The van der Waals surface area contributed by atoms with Gasteiger partial charge >= 0.3 is 5.97 Å². The van der Waals surface area contributed by atoms with E-state index in [-0.39, 0.29) is 17.9 Å². The lowest BCUT2D eigenvalue weighted by atomic mass is 10.2. The molecule has 0 bridgehead atoms. The van der Waals surface area contributed by atoms with Crippen molar-refractivity contribution in [1.29, 1.82) is 0 Å². The molecule has 1 unspecified atom stereocenters. The lowest BCUT2D eigenvalue weighted by Gasteiger charge is -2.22. The minimum absolute atomic E-state index is 0.0726. The minimum atomic E-state index is -0.338. The van der Waals surface area contributed by atoms with Crippen LogP contribution >= 0.6 is 0 Å². The molecule has 5 heteroatoms. The Kier molecular flexibility index (Phi) is 5.77. The first-order valence-electron chi connectivity index (χ1n) is 8.22. The predicted molar refractivity (Wildman–Crippen MR) is 90.6 cm³/mol.